The lowest BCUT2D eigenvalue weighted by Crippen LogP contribution is -2.46. The number of nitrogen functional groups attached to an aromatic ring is 1. The minimum Gasteiger partial charge on any atom is -0.384 e. The summed E-state index contributed by atoms with van der Waals surface area (Å²) in [4.78, 5) is 19.3. The summed E-state index contributed by atoms with van der Waals surface area (Å²) in [6.45, 7) is 5.03. The molecule has 0 bridgehead atoms. The van der Waals surface area contributed by atoms with Crippen LogP contribution in [0.3, 0.4) is 0 Å². The van der Waals surface area contributed by atoms with E-state index in [0.717, 1.165) is 25.1 Å². The van der Waals surface area contributed by atoms with Gasteiger partial charge in [-0.2, -0.15) is 0 Å². The zero-order chi connectivity index (χ0) is 15.0. The Morgan fingerprint density at radius 2 is 2.05 bits per heavy atom. The number of amides is 1. The Bertz CT molecular complexity index is 541. The molecule has 2 unspecified atom stereocenters. The molecule has 0 radical (unpaired) electrons. The van der Waals surface area contributed by atoms with E-state index in [-0.39, 0.29) is 11.8 Å². The lowest BCUT2D eigenvalue weighted by atomic mass is 9.91. The quantitative estimate of drug-likeness (QED) is 0.908. The fourth-order valence-corrected chi connectivity index (χ4v) is 3.87. The predicted octanol–water partition coefficient (Wildman–Crippen LogP) is 3.19. The summed E-state index contributed by atoms with van der Waals surface area (Å²) < 4.78 is 0. The van der Waals surface area contributed by atoms with Gasteiger partial charge in [-0.15, -0.1) is 0 Å². The second-order valence-corrected chi connectivity index (χ2v) is 6.76. The summed E-state index contributed by atoms with van der Waals surface area (Å²) in [5, 5.41) is 0. The van der Waals surface area contributed by atoms with Crippen molar-refractivity contribution < 1.29 is 4.79 Å². The maximum Gasteiger partial charge on any atom is 0.254 e. The van der Waals surface area contributed by atoms with E-state index in [1.54, 1.807) is 6.07 Å². The molecule has 2 atom stereocenters. The number of nitrogens with zero attached hydrogens (tertiary/aromatic N) is 2. The van der Waals surface area contributed by atoms with Crippen molar-refractivity contribution in [3.63, 3.8) is 0 Å². The normalized spacial score (nSPS) is 25.2. The molecule has 114 valence electrons. The fourth-order valence-electron chi connectivity index (χ4n) is 3.87. The zero-order valence-electron chi connectivity index (χ0n) is 13.0. The molecule has 4 heteroatoms. The highest BCUT2D eigenvalue weighted by Crippen LogP contribution is 2.37. The van der Waals surface area contributed by atoms with Gasteiger partial charge in [0.25, 0.3) is 5.91 Å². The van der Waals surface area contributed by atoms with E-state index in [0.29, 0.717) is 23.3 Å². The van der Waals surface area contributed by atoms with Gasteiger partial charge in [-0.05, 0) is 49.7 Å². The lowest BCUT2D eigenvalue weighted by molar-refractivity contribution is 0.0548. The number of anilines is 1. The van der Waals surface area contributed by atoms with Crippen molar-refractivity contribution >= 4 is 11.7 Å². The van der Waals surface area contributed by atoms with E-state index in [2.05, 4.69) is 23.7 Å². The second-order valence-electron chi connectivity index (χ2n) is 6.76. The smallest absolute Gasteiger partial charge is 0.254 e. The van der Waals surface area contributed by atoms with Gasteiger partial charge in [0.15, 0.2) is 0 Å². The summed E-state index contributed by atoms with van der Waals surface area (Å²) in [7, 11) is 0. The van der Waals surface area contributed by atoms with Crippen molar-refractivity contribution in [1.82, 2.24) is 9.88 Å². The molecule has 1 amide bonds. The van der Waals surface area contributed by atoms with Crippen molar-refractivity contribution in [1.29, 1.82) is 0 Å². The van der Waals surface area contributed by atoms with Crippen LogP contribution in [0.5, 0.6) is 0 Å². The van der Waals surface area contributed by atoms with Crippen molar-refractivity contribution in [2.45, 2.75) is 57.9 Å². The Balaban J connectivity index is 1.87. The molecule has 1 aliphatic carbocycles. The van der Waals surface area contributed by atoms with Crippen molar-refractivity contribution in [2.24, 2.45) is 5.92 Å². The minimum absolute atomic E-state index is 0.141. The van der Waals surface area contributed by atoms with Gasteiger partial charge in [-0.3, -0.25) is 4.79 Å². The molecule has 2 aliphatic rings. The van der Waals surface area contributed by atoms with Crippen LogP contribution in [0, 0.1) is 5.92 Å². The molecule has 1 aromatic heterocycles. The van der Waals surface area contributed by atoms with E-state index >= 15 is 0 Å². The number of hydrogen-bond donors (Lipinski definition) is 1. The predicted molar refractivity (Wildman–Crippen MR) is 84.1 cm³/mol. The number of carbonyl (C=O) groups is 1. The van der Waals surface area contributed by atoms with Crippen LogP contribution in [0.15, 0.2) is 12.1 Å². The van der Waals surface area contributed by atoms with Crippen LogP contribution in [0.25, 0.3) is 0 Å². The first-order valence-electron chi connectivity index (χ1n) is 8.14. The van der Waals surface area contributed by atoms with Crippen molar-refractivity contribution in [3.05, 3.63) is 23.4 Å². The topological polar surface area (TPSA) is 59.2 Å². The molecule has 4 nitrogen and oxygen atoms in total. The van der Waals surface area contributed by atoms with Gasteiger partial charge >= 0.3 is 0 Å². The molecule has 1 aliphatic heterocycles. The number of hydrogen-bond acceptors (Lipinski definition) is 3. The summed E-state index contributed by atoms with van der Waals surface area (Å²) in [6.07, 6.45) is 6.11. The van der Waals surface area contributed by atoms with Gasteiger partial charge < -0.3 is 10.6 Å². The van der Waals surface area contributed by atoms with Gasteiger partial charge in [0.1, 0.15) is 5.82 Å². The number of pyridine rings is 1. The van der Waals surface area contributed by atoms with Crippen LogP contribution >= 0.6 is 0 Å². The van der Waals surface area contributed by atoms with Gasteiger partial charge in [0.05, 0.1) is 0 Å². The van der Waals surface area contributed by atoms with Crippen LogP contribution < -0.4 is 5.73 Å². The van der Waals surface area contributed by atoms with Gasteiger partial charge in [0, 0.05) is 23.8 Å². The number of rotatable bonds is 2. The maximum atomic E-state index is 12.9. The molecule has 1 aromatic rings. The Morgan fingerprint density at radius 1 is 1.29 bits per heavy atom. The summed E-state index contributed by atoms with van der Waals surface area (Å²) >= 11 is 0. The number of piperidine rings is 1. The molecule has 2 fully saturated rings. The first kappa shape index (κ1) is 14.4. The third kappa shape index (κ3) is 2.76. The molecule has 21 heavy (non-hydrogen) atoms. The summed E-state index contributed by atoms with van der Waals surface area (Å²) in [5.41, 5.74) is 7.50. The van der Waals surface area contributed by atoms with Crippen LogP contribution in [-0.4, -0.2) is 28.4 Å². The average molecular weight is 287 g/mol. The fraction of sp³-hybridized carbons (Fsp3) is 0.647. The number of carbonyl (C=O) groups excluding carboxylic acids is 1. The first-order chi connectivity index (χ1) is 10.1. The number of aromatic nitrogens is 1. The maximum absolute atomic E-state index is 12.9. The molecular weight excluding hydrogens is 262 g/mol. The van der Waals surface area contributed by atoms with Crippen LogP contribution in [0.2, 0.25) is 0 Å². The molecule has 2 N–H and O–H groups in total. The SMILES string of the molecule is CC(C)c1cc(C(=O)N2CCCC3CCCC32)cc(N)n1. The molecule has 1 saturated heterocycles. The number of likely N-dealkylation sites (tertiary alicyclic amines) is 1. The largest absolute Gasteiger partial charge is 0.384 e. The van der Waals surface area contributed by atoms with E-state index in [9.17, 15) is 4.79 Å². The first-order valence-corrected chi connectivity index (χ1v) is 8.14. The van der Waals surface area contributed by atoms with E-state index in [4.69, 9.17) is 5.73 Å². The monoisotopic (exact) mass is 287 g/mol. The molecule has 0 spiro atoms. The van der Waals surface area contributed by atoms with E-state index in [1.165, 1.54) is 19.3 Å². The third-order valence-electron chi connectivity index (χ3n) is 4.96. The third-order valence-corrected chi connectivity index (χ3v) is 4.96. The highest BCUT2D eigenvalue weighted by atomic mass is 16.2. The van der Waals surface area contributed by atoms with Gasteiger partial charge in [0.2, 0.25) is 0 Å². The van der Waals surface area contributed by atoms with E-state index < -0.39 is 0 Å². The Morgan fingerprint density at radius 3 is 2.81 bits per heavy atom. The highest BCUT2D eigenvalue weighted by molar-refractivity contribution is 5.95. The van der Waals surface area contributed by atoms with Crippen LogP contribution in [0.1, 0.15) is 67.9 Å². The van der Waals surface area contributed by atoms with Crippen LogP contribution in [-0.2, 0) is 0 Å². The zero-order valence-corrected chi connectivity index (χ0v) is 13.0. The number of fused-ring (bicyclic) bond motifs is 1. The average Bonchev–Trinajstić information content (AvgIpc) is 2.94. The summed E-state index contributed by atoms with van der Waals surface area (Å²) in [6, 6.07) is 4.09. The molecular formula is C17H25N3O. The molecule has 2 heterocycles. The molecule has 3 rings (SSSR count). The van der Waals surface area contributed by atoms with Crippen molar-refractivity contribution in [2.75, 3.05) is 12.3 Å². The molecule has 1 saturated carbocycles. The Labute approximate surface area is 126 Å². The Hall–Kier alpha value is -1.58. The highest BCUT2D eigenvalue weighted by Gasteiger charge is 2.37. The number of nitrogens with two attached hydrogens (primary N) is 1. The summed E-state index contributed by atoms with van der Waals surface area (Å²) in [5.74, 6) is 1.58. The van der Waals surface area contributed by atoms with Crippen molar-refractivity contribution in [3.8, 4) is 0 Å². The van der Waals surface area contributed by atoms with Gasteiger partial charge in [-0.1, -0.05) is 20.3 Å². The standard InChI is InChI=1S/C17H25N3O/c1-11(2)14-9-13(10-16(18)19-14)17(21)20-8-4-6-12-5-3-7-15(12)20/h9-12,15H,3-8H2,1-2H3,(H2,18,19). The minimum atomic E-state index is 0.141. The Kier molecular flexibility index (Phi) is 3.87. The van der Waals surface area contributed by atoms with E-state index in [1.807, 2.05) is 6.07 Å². The second kappa shape index (κ2) is 5.66. The lowest BCUT2D eigenvalue weighted by Gasteiger charge is -2.38. The van der Waals surface area contributed by atoms with Gasteiger partial charge in [-0.25, -0.2) is 4.98 Å². The molecule has 0 aromatic carbocycles. The van der Waals surface area contributed by atoms with Crippen LogP contribution in [0.4, 0.5) is 5.82 Å².